The third-order valence-electron chi connectivity index (χ3n) is 3.11. The molecular formula is C13H11ClN2. The van der Waals surface area contributed by atoms with Crippen molar-refractivity contribution < 1.29 is 0 Å². The van der Waals surface area contributed by atoms with E-state index in [0.29, 0.717) is 0 Å². The van der Waals surface area contributed by atoms with Crippen molar-refractivity contribution in [2.45, 2.75) is 13.8 Å². The molecule has 2 heterocycles. The summed E-state index contributed by atoms with van der Waals surface area (Å²) in [5.41, 5.74) is 4.54. The Morgan fingerprint density at radius 3 is 2.81 bits per heavy atom. The van der Waals surface area contributed by atoms with Crippen molar-refractivity contribution in [3.63, 3.8) is 0 Å². The normalized spacial score (nSPS) is 11.4. The summed E-state index contributed by atoms with van der Waals surface area (Å²) in [5.74, 6) is 0. The minimum Gasteiger partial charge on any atom is -0.358 e. The third-order valence-corrected chi connectivity index (χ3v) is 3.35. The van der Waals surface area contributed by atoms with Crippen LogP contribution in [-0.4, -0.2) is 9.97 Å². The number of rotatable bonds is 0. The van der Waals surface area contributed by atoms with Gasteiger partial charge >= 0.3 is 0 Å². The number of fused-ring (bicyclic) bond motifs is 3. The van der Waals surface area contributed by atoms with Crippen molar-refractivity contribution in [1.29, 1.82) is 0 Å². The number of halogens is 1. The highest BCUT2D eigenvalue weighted by atomic mass is 35.5. The highest BCUT2D eigenvalue weighted by Crippen LogP contribution is 2.28. The molecule has 2 nitrogen and oxygen atoms in total. The fourth-order valence-corrected chi connectivity index (χ4v) is 2.24. The number of aromatic amines is 1. The summed E-state index contributed by atoms with van der Waals surface area (Å²) in [6.45, 7) is 4.19. The molecule has 80 valence electrons. The van der Waals surface area contributed by atoms with E-state index in [9.17, 15) is 0 Å². The van der Waals surface area contributed by atoms with Crippen LogP contribution in [0.1, 0.15) is 11.3 Å². The monoisotopic (exact) mass is 230 g/mol. The topological polar surface area (TPSA) is 28.7 Å². The first-order valence-corrected chi connectivity index (χ1v) is 5.58. The lowest BCUT2D eigenvalue weighted by Gasteiger charge is -1.99. The fraction of sp³-hybridized carbons (Fsp3) is 0.154. The van der Waals surface area contributed by atoms with E-state index < -0.39 is 0 Å². The molecule has 0 fully saturated rings. The van der Waals surface area contributed by atoms with Crippen LogP contribution < -0.4 is 0 Å². The van der Waals surface area contributed by atoms with Crippen LogP contribution in [0.3, 0.4) is 0 Å². The maximum Gasteiger partial charge on any atom is 0.0738 e. The minimum absolute atomic E-state index is 0.722. The van der Waals surface area contributed by atoms with Gasteiger partial charge in [-0.3, -0.25) is 4.98 Å². The molecule has 0 aliphatic rings. The van der Waals surface area contributed by atoms with Gasteiger partial charge in [0.05, 0.1) is 11.0 Å². The molecule has 0 aliphatic carbocycles. The van der Waals surface area contributed by atoms with Crippen LogP contribution in [0.4, 0.5) is 0 Å². The lowest BCUT2D eigenvalue weighted by molar-refractivity contribution is 1.26. The van der Waals surface area contributed by atoms with Gasteiger partial charge in [-0.2, -0.15) is 0 Å². The number of nitrogens with zero attached hydrogens (tertiary/aromatic N) is 1. The molecule has 0 spiro atoms. The van der Waals surface area contributed by atoms with Crippen molar-refractivity contribution in [1.82, 2.24) is 9.97 Å². The molecule has 0 atom stereocenters. The van der Waals surface area contributed by atoms with Crippen LogP contribution in [0.25, 0.3) is 21.8 Å². The first-order valence-electron chi connectivity index (χ1n) is 5.20. The largest absolute Gasteiger partial charge is 0.358 e. The van der Waals surface area contributed by atoms with Gasteiger partial charge in [0, 0.05) is 27.7 Å². The second-order valence-corrected chi connectivity index (χ2v) is 4.52. The lowest BCUT2D eigenvalue weighted by atomic mass is 10.1. The van der Waals surface area contributed by atoms with Crippen LogP contribution in [0, 0.1) is 13.8 Å². The molecular weight excluding hydrogens is 220 g/mol. The Morgan fingerprint density at radius 1 is 1.19 bits per heavy atom. The maximum atomic E-state index is 5.96. The number of aryl methyl sites for hydroxylation is 2. The summed E-state index contributed by atoms with van der Waals surface area (Å²) in [4.78, 5) is 7.85. The van der Waals surface area contributed by atoms with Crippen molar-refractivity contribution in [2.75, 3.05) is 0 Å². The Kier molecular flexibility index (Phi) is 1.95. The Hall–Kier alpha value is -1.54. The number of H-pyrrole nitrogens is 1. The van der Waals surface area contributed by atoms with E-state index in [0.717, 1.165) is 21.4 Å². The number of pyridine rings is 1. The molecule has 0 unspecified atom stereocenters. The molecule has 1 N–H and O–H groups in total. The molecule has 0 saturated carbocycles. The summed E-state index contributed by atoms with van der Waals surface area (Å²) in [7, 11) is 0. The molecule has 0 saturated heterocycles. The van der Waals surface area contributed by atoms with E-state index in [1.807, 2.05) is 24.4 Å². The van der Waals surface area contributed by atoms with E-state index in [2.05, 4.69) is 23.8 Å². The number of hydrogen-bond donors (Lipinski definition) is 1. The minimum atomic E-state index is 0.722. The van der Waals surface area contributed by atoms with Gasteiger partial charge in [-0.05, 0) is 37.6 Å². The van der Waals surface area contributed by atoms with Gasteiger partial charge in [-0.15, -0.1) is 0 Å². The zero-order chi connectivity index (χ0) is 11.3. The summed E-state index contributed by atoms with van der Waals surface area (Å²) in [5, 5.41) is 3.03. The molecule has 2 aromatic heterocycles. The van der Waals surface area contributed by atoms with Crippen molar-refractivity contribution in [2.24, 2.45) is 0 Å². The second kappa shape index (κ2) is 3.22. The van der Waals surface area contributed by atoms with Crippen LogP contribution in [0.15, 0.2) is 24.4 Å². The van der Waals surface area contributed by atoms with Crippen molar-refractivity contribution >= 4 is 33.4 Å². The zero-order valence-corrected chi connectivity index (χ0v) is 9.89. The number of nitrogens with one attached hydrogen (secondary N) is 1. The van der Waals surface area contributed by atoms with Crippen molar-refractivity contribution in [3.05, 3.63) is 40.7 Å². The first kappa shape index (κ1) is 9.67. The highest BCUT2D eigenvalue weighted by molar-refractivity contribution is 6.31. The van der Waals surface area contributed by atoms with Crippen LogP contribution in [0.2, 0.25) is 5.02 Å². The lowest BCUT2D eigenvalue weighted by Crippen LogP contribution is -1.80. The van der Waals surface area contributed by atoms with Gasteiger partial charge in [0.15, 0.2) is 0 Å². The van der Waals surface area contributed by atoms with E-state index in [1.165, 1.54) is 16.6 Å². The Bertz CT molecular complexity index is 698. The van der Waals surface area contributed by atoms with Crippen LogP contribution >= 0.6 is 11.6 Å². The van der Waals surface area contributed by atoms with Gasteiger partial charge in [0.25, 0.3) is 0 Å². The summed E-state index contributed by atoms with van der Waals surface area (Å²) in [6.07, 6.45) is 1.91. The standard InChI is InChI=1S/C13H11ClN2/c1-7-8(2)16-13-10-4-3-9(14)5-12(10)15-6-11(7)13/h3-6,16H,1-2H3. The average Bonchev–Trinajstić information content (AvgIpc) is 2.55. The first-order chi connectivity index (χ1) is 7.66. The SMILES string of the molecule is Cc1[nH]c2c(cnc3cc(Cl)ccc32)c1C. The molecule has 16 heavy (non-hydrogen) atoms. The molecule has 0 bridgehead atoms. The number of aromatic nitrogens is 2. The zero-order valence-electron chi connectivity index (χ0n) is 9.13. The Balaban J connectivity index is 2.54. The predicted octanol–water partition coefficient (Wildman–Crippen LogP) is 3.99. The van der Waals surface area contributed by atoms with Crippen molar-refractivity contribution in [3.8, 4) is 0 Å². The van der Waals surface area contributed by atoms with Gasteiger partial charge in [-0.1, -0.05) is 11.6 Å². The van der Waals surface area contributed by atoms with E-state index in [4.69, 9.17) is 11.6 Å². The van der Waals surface area contributed by atoms with E-state index in [-0.39, 0.29) is 0 Å². The summed E-state index contributed by atoms with van der Waals surface area (Å²) < 4.78 is 0. The Morgan fingerprint density at radius 2 is 2.00 bits per heavy atom. The smallest absolute Gasteiger partial charge is 0.0738 e. The van der Waals surface area contributed by atoms with E-state index >= 15 is 0 Å². The van der Waals surface area contributed by atoms with E-state index in [1.54, 1.807) is 0 Å². The summed E-state index contributed by atoms with van der Waals surface area (Å²) >= 11 is 5.96. The summed E-state index contributed by atoms with van der Waals surface area (Å²) in [6, 6.07) is 5.81. The van der Waals surface area contributed by atoms with Gasteiger partial charge in [0.2, 0.25) is 0 Å². The fourth-order valence-electron chi connectivity index (χ4n) is 2.07. The molecule has 3 aromatic rings. The molecule has 3 heteroatoms. The molecule has 0 radical (unpaired) electrons. The predicted molar refractivity (Wildman–Crippen MR) is 68.1 cm³/mol. The van der Waals surface area contributed by atoms with Gasteiger partial charge < -0.3 is 4.98 Å². The van der Waals surface area contributed by atoms with Gasteiger partial charge in [0.1, 0.15) is 0 Å². The molecule has 1 aromatic carbocycles. The second-order valence-electron chi connectivity index (χ2n) is 4.08. The average molecular weight is 231 g/mol. The molecule has 3 rings (SSSR count). The number of benzene rings is 1. The highest BCUT2D eigenvalue weighted by Gasteiger charge is 2.08. The third kappa shape index (κ3) is 1.23. The quantitative estimate of drug-likeness (QED) is 0.622. The molecule has 0 amide bonds. The van der Waals surface area contributed by atoms with Gasteiger partial charge in [-0.25, -0.2) is 0 Å². The maximum absolute atomic E-state index is 5.96. The Labute approximate surface area is 98.3 Å². The van der Waals surface area contributed by atoms with Crippen LogP contribution in [0.5, 0.6) is 0 Å². The van der Waals surface area contributed by atoms with Crippen LogP contribution in [-0.2, 0) is 0 Å². The molecule has 0 aliphatic heterocycles. The number of hydrogen-bond acceptors (Lipinski definition) is 1.